The van der Waals surface area contributed by atoms with Crippen molar-refractivity contribution in [1.82, 2.24) is 0 Å². The van der Waals surface area contributed by atoms with E-state index in [0.717, 1.165) is 0 Å². The third-order valence-corrected chi connectivity index (χ3v) is 4.18. The number of fused-ring (bicyclic) bond motifs is 1. The molecule has 2 aromatic carbocycles. The largest absolute Gasteiger partial charge is 0.493 e. The number of benzene rings is 2. The van der Waals surface area contributed by atoms with Crippen molar-refractivity contribution in [2.24, 2.45) is 5.73 Å². The zero-order valence-corrected chi connectivity index (χ0v) is 16.1. The summed E-state index contributed by atoms with van der Waals surface area (Å²) in [6.07, 6.45) is 2.89. The number of nitrogens with one attached hydrogen (secondary N) is 1. The van der Waals surface area contributed by atoms with Gasteiger partial charge >= 0.3 is 0 Å². The average Bonchev–Trinajstić information content (AvgIpc) is 3.10. The molecule has 8 heteroatoms. The fraction of sp³-hybridized carbons (Fsp3) is 0.143. The molecule has 0 spiro atoms. The molecule has 1 heterocycles. The summed E-state index contributed by atoms with van der Waals surface area (Å²) in [7, 11) is 4.52. The van der Waals surface area contributed by atoms with Crippen LogP contribution < -0.4 is 25.3 Å². The lowest BCUT2D eigenvalue weighted by Gasteiger charge is -2.12. The zero-order chi connectivity index (χ0) is 21.0. The molecule has 0 bridgehead atoms. The molecule has 29 heavy (non-hydrogen) atoms. The van der Waals surface area contributed by atoms with Crippen LogP contribution in [0.15, 0.2) is 46.9 Å². The van der Waals surface area contributed by atoms with E-state index < -0.39 is 11.8 Å². The number of rotatable bonds is 7. The monoisotopic (exact) mass is 396 g/mol. The Morgan fingerprint density at radius 3 is 2.28 bits per heavy atom. The molecule has 150 valence electrons. The fourth-order valence-corrected chi connectivity index (χ4v) is 2.88. The molecule has 0 atom stereocenters. The van der Waals surface area contributed by atoms with Crippen LogP contribution in [0.5, 0.6) is 17.2 Å². The quantitative estimate of drug-likeness (QED) is 0.593. The van der Waals surface area contributed by atoms with E-state index in [2.05, 4.69) is 5.32 Å². The van der Waals surface area contributed by atoms with Gasteiger partial charge in [-0.25, -0.2) is 0 Å². The number of methoxy groups -OCH3 is 3. The first kappa shape index (κ1) is 19.8. The minimum Gasteiger partial charge on any atom is -0.493 e. The maximum Gasteiger partial charge on any atom is 0.286 e. The summed E-state index contributed by atoms with van der Waals surface area (Å²) in [5.74, 6) is 0.0266. The number of primary amides is 1. The number of furan rings is 1. The normalized spacial score (nSPS) is 10.9. The Hall–Kier alpha value is -3.94. The molecule has 0 saturated carbocycles. The second kappa shape index (κ2) is 8.39. The topological polar surface area (TPSA) is 113 Å². The van der Waals surface area contributed by atoms with Gasteiger partial charge in [-0.05, 0) is 35.9 Å². The van der Waals surface area contributed by atoms with Crippen molar-refractivity contribution in [3.63, 3.8) is 0 Å². The van der Waals surface area contributed by atoms with Crippen LogP contribution in [0.3, 0.4) is 0 Å². The Morgan fingerprint density at radius 1 is 1.03 bits per heavy atom. The lowest BCUT2D eigenvalue weighted by molar-refractivity contribution is -0.111. The lowest BCUT2D eigenvalue weighted by atomic mass is 10.1. The second-order valence-electron chi connectivity index (χ2n) is 5.95. The summed E-state index contributed by atoms with van der Waals surface area (Å²) < 4.78 is 21.3. The molecule has 0 radical (unpaired) electrons. The van der Waals surface area contributed by atoms with E-state index in [1.54, 1.807) is 42.5 Å². The zero-order valence-electron chi connectivity index (χ0n) is 16.1. The van der Waals surface area contributed by atoms with Gasteiger partial charge in [-0.1, -0.05) is 12.1 Å². The maximum absolute atomic E-state index is 12.5. The third kappa shape index (κ3) is 4.01. The molecule has 0 aliphatic heterocycles. The van der Waals surface area contributed by atoms with Crippen molar-refractivity contribution < 1.29 is 28.2 Å². The van der Waals surface area contributed by atoms with Crippen LogP contribution >= 0.6 is 0 Å². The summed E-state index contributed by atoms with van der Waals surface area (Å²) in [5, 5.41) is 3.24. The molecule has 1 aromatic heterocycles. The minimum atomic E-state index is -0.773. The first-order valence-electron chi connectivity index (χ1n) is 8.59. The Balaban J connectivity index is 1.89. The first-order valence-corrected chi connectivity index (χ1v) is 8.59. The minimum absolute atomic E-state index is 0.110. The summed E-state index contributed by atoms with van der Waals surface area (Å²) >= 11 is 0. The van der Waals surface area contributed by atoms with Crippen LogP contribution in [0.4, 0.5) is 5.69 Å². The van der Waals surface area contributed by atoms with Crippen molar-refractivity contribution in [3.8, 4) is 17.2 Å². The van der Waals surface area contributed by atoms with E-state index >= 15 is 0 Å². The molecule has 3 rings (SSSR count). The van der Waals surface area contributed by atoms with Gasteiger partial charge in [0.15, 0.2) is 11.5 Å². The van der Waals surface area contributed by atoms with Crippen molar-refractivity contribution in [2.75, 3.05) is 26.6 Å². The van der Waals surface area contributed by atoms with Gasteiger partial charge in [0.25, 0.3) is 5.91 Å². The lowest BCUT2D eigenvalue weighted by Crippen LogP contribution is -2.15. The average molecular weight is 396 g/mol. The highest BCUT2D eigenvalue weighted by Gasteiger charge is 2.19. The number of nitrogens with two attached hydrogens (primary N) is 1. The van der Waals surface area contributed by atoms with Gasteiger partial charge in [0, 0.05) is 11.5 Å². The molecule has 0 aliphatic rings. The van der Waals surface area contributed by atoms with Crippen LogP contribution in [0.2, 0.25) is 0 Å². The highest BCUT2D eigenvalue weighted by atomic mass is 16.5. The smallest absolute Gasteiger partial charge is 0.286 e. The third-order valence-electron chi connectivity index (χ3n) is 4.18. The highest BCUT2D eigenvalue weighted by Crippen LogP contribution is 2.38. The van der Waals surface area contributed by atoms with E-state index in [4.69, 9.17) is 24.4 Å². The molecule has 0 saturated heterocycles. The Kier molecular flexibility index (Phi) is 5.73. The van der Waals surface area contributed by atoms with Gasteiger partial charge < -0.3 is 29.7 Å². The van der Waals surface area contributed by atoms with E-state index in [1.165, 1.54) is 27.4 Å². The number of para-hydroxylation sites is 1. The van der Waals surface area contributed by atoms with Crippen LogP contribution in [-0.2, 0) is 4.79 Å². The number of carbonyl (C=O) groups is 2. The molecule has 0 fully saturated rings. The Morgan fingerprint density at radius 2 is 1.69 bits per heavy atom. The molecule has 0 unspecified atom stereocenters. The standard InChI is InChI=1S/C21H20N2O6/c1-26-15-10-12(11-16(27-2)19(15)28-3)8-9-17(24)23-18-13-6-4-5-7-14(13)29-20(18)21(22)25/h4-11H,1-3H3,(H2,22,25)(H,23,24). The van der Waals surface area contributed by atoms with E-state index in [1.807, 2.05) is 0 Å². The molecule has 3 aromatic rings. The van der Waals surface area contributed by atoms with Crippen LogP contribution in [0.1, 0.15) is 16.1 Å². The van der Waals surface area contributed by atoms with Crippen LogP contribution in [0.25, 0.3) is 17.0 Å². The predicted octanol–water partition coefficient (Wildman–Crippen LogP) is 3.21. The van der Waals surface area contributed by atoms with Crippen molar-refractivity contribution in [1.29, 1.82) is 0 Å². The van der Waals surface area contributed by atoms with Crippen molar-refractivity contribution in [2.45, 2.75) is 0 Å². The second-order valence-corrected chi connectivity index (χ2v) is 5.95. The summed E-state index contributed by atoms with van der Waals surface area (Å²) in [6.45, 7) is 0. The highest BCUT2D eigenvalue weighted by molar-refractivity contribution is 6.13. The Bertz CT molecular complexity index is 1070. The molecule has 3 N–H and O–H groups in total. The van der Waals surface area contributed by atoms with Gasteiger partial charge in [0.05, 0.1) is 21.3 Å². The number of amides is 2. The fourth-order valence-electron chi connectivity index (χ4n) is 2.88. The first-order chi connectivity index (χ1) is 14.0. The number of carbonyl (C=O) groups excluding carboxylic acids is 2. The number of hydrogen-bond acceptors (Lipinski definition) is 6. The van der Waals surface area contributed by atoms with E-state index in [-0.39, 0.29) is 11.4 Å². The van der Waals surface area contributed by atoms with Crippen LogP contribution in [-0.4, -0.2) is 33.1 Å². The van der Waals surface area contributed by atoms with Crippen molar-refractivity contribution >= 4 is 34.5 Å². The number of anilines is 1. The summed E-state index contributed by atoms with van der Waals surface area (Å²) in [4.78, 5) is 24.1. The molecular weight excluding hydrogens is 376 g/mol. The number of hydrogen-bond donors (Lipinski definition) is 2. The molecule has 8 nitrogen and oxygen atoms in total. The SMILES string of the molecule is COc1cc(C=CC(=O)Nc2c(C(N)=O)oc3ccccc23)cc(OC)c1OC. The van der Waals surface area contributed by atoms with Gasteiger partial charge in [-0.15, -0.1) is 0 Å². The van der Waals surface area contributed by atoms with Gasteiger partial charge in [0.1, 0.15) is 11.3 Å². The van der Waals surface area contributed by atoms with E-state index in [0.29, 0.717) is 33.8 Å². The summed E-state index contributed by atoms with van der Waals surface area (Å²) in [5.41, 5.74) is 6.70. The summed E-state index contributed by atoms with van der Waals surface area (Å²) in [6, 6.07) is 10.3. The van der Waals surface area contributed by atoms with Crippen molar-refractivity contribution in [3.05, 3.63) is 53.8 Å². The van der Waals surface area contributed by atoms with Gasteiger partial charge in [-0.3, -0.25) is 9.59 Å². The Labute approximate surface area is 166 Å². The maximum atomic E-state index is 12.5. The number of ether oxygens (including phenoxy) is 3. The predicted molar refractivity (Wildman–Crippen MR) is 108 cm³/mol. The van der Waals surface area contributed by atoms with Crippen LogP contribution in [0, 0.1) is 0 Å². The van der Waals surface area contributed by atoms with Gasteiger partial charge in [-0.2, -0.15) is 0 Å². The molecule has 2 amide bonds. The van der Waals surface area contributed by atoms with E-state index in [9.17, 15) is 9.59 Å². The molecule has 0 aliphatic carbocycles. The van der Waals surface area contributed by atoms with Gasteiger partial charge in [0.2, 0.25) is 17.4 Å². The molecular formula is C21H20N2O6.